The number of unbranched alkanes of at least 4 members (excludes halogenated alkanes) is 1. The fourth-order valence-electron chi connectivity index (χ4n) is 3.03. The summed E-state index contributed by atoms with van der Waals surface area (Å²) in [5, 5.41) is 2.59. The molecule has 2 rings (SSSR count). The summed E-state index contributed by atoms with van der Waals surface area (Å²) in [6.07, 6.45) is 3.32. The van der Waals surface area contributed by atoms with E-state index in [1.165, 1.54) is 10.4 Å². The largest absolute Gasteiger partial charge is 0.408 e. The van der Waals surface area contributed by atoms with Gasteiger partial charge in [-0.3, -0.25) is 4.79 Å². The number of benzene rings is 2. The van der Waals surface area contributed by atoms with E-state index in [0.717, 1.165) is 18.9 Å². The van der Waals surface area contributed by atoms with Crippen molar-refractivity contribution in [2.45, 2.75) is 38.7 Å². The molecule has 24 heavy (non-hydrogen) atoms. The van der Waals surface area contributed by atoms with Crippen LogP contribution in [-0.4, -0.2) is 20.8 Å². The molecule has 128 valence electrons. The SMILES string of the molecule is CCCC[Si](OCCCC(N)=O)(c1ccccc1)c1ccccc1. The fourth-order valence-corrected chi connectivity index (χ4v) is 7.22. The standard InChI is InChI=1S/C20H27NO2Si/c1-2-3-17-24(18-11-6-4-7-12-18,19-13-8-5-9-14-19)23-16-10-15-20(21)22/h4-9,11-14H,2-3,10,15-17H2,1H3,(H2,21,22). The highest BCUT2D eigenvalue weighted by Gasteiger charge is 2.38. The van der Waals surface area contributed by atoms with Crippen molar-refractivity contribution in [3.8, 4) is 0 Å². The van der Waals surface area contributed by atoms with Crippen molar-refractivity contribution in [2.24, 2.45) is 5.73 Å². The Kier molecular flexibility index (Phi) is 7.22. The molecule has 2 N–H and O–H groups in total. The van der Waals surface area contributed by atoms with Gasteiger partial charge in [-0.2, -0.15) is 0 Å². The predicted octanol–water partition coefficient (Wildman–Crippen LogP) is 2.83. The highest BCUT2D eigenvalue weighted by molar-refractivity contribution is 6.97. The lowest BCUT2D eigenvalue weighted by Crippen LogP contribution is -2.60. The van der Waals surface area contributed by atoms with Crippen LogP contribution < -0.4 is 16.1 Å². The molecule has 0 aliphatic carbocycles. The van der Waals surface area contributed by atoms with Gasteiger partial charge >= 0.3 is 0 Å². The third-order valence-corrected chi connectivity index (χ3v) is 8.57. The molecule has 3 nitrogen and oxygen atoms in total. The van der Waals surface area contributed by atoms with E-state index in [0.29, 0.717) is 19.4 Å². The van der Waals surface area contributed by atoms with Crippen molar-refractivity contribution >= 4 is 24.6 Å². The van der Waals surface area contributed by atoms with E-state index in [-0.39, 0.29) is 5.91 Å². The molecule has 0 fully saturated rings. The Bertz CT molecular complexity index is 577. The average Bonchev–Trinajstić information content (AvgIpc) is 2.63. The monoisotopic (exact) mass is 341 g/mol. The van der Waals surface area contributed by atoms with E-state index in [1.54, 1.807) is 0 Å². The lowest BCUT2D eigenvalue weighted by molar-refractivity contribution is -0.118. The maximum absolute atomic E-state index is 11.0. The van der Waals surface area contributed by atoms with Gasteiger partial charge in [0, 0.05) is 13.0 Å². The topological polar surface area (TPSA) is 52.3 Å². The van der Waals surface area contributed by atoms with Gasteiger partial charge in [0.25, 0.3) is 8.32 Å². The number of rotatable bonds is 10. The molecule has 0 bridgehead atoms. The number of carbonyl (C=O) groups is 1. The number of carbonyl (C=O) groups excluding carboxylic acids is 1. The molecule has 4 heteroatoms. The van der Waals surface area contributed by atoms with Gasteiger partial charge in [-0.25, -0.2) is 0 Å². The van der Waals surface area contributed by atoms with Gasteiger partial charge in [0.15, 0.2) is 0 Å². The van der Waals surface area contributed by atoms with Crippen LogP contribution >= 0.6 is 0 Å². The van der Waals surface area contributed by atoms with Crippen molar-refractivity contribution < 1.29 is 9.22 Å². The zero-order chi connectivity index (χ0) is 17.3. The van der Waals surface area contributed by atoms with Crippen LogP contribution in [0.4, 0.5) is 0 Å². The summed E-state index contributed by atoms with van der Waals surface area (Å²) in [5.74, 6) is -0.265. The molecule has 2 aromatic rings. The van der Waals surface area contributed by atoms with Crippen molar-refractivity contribution in [3.05, 3.63) is 60.7 Å². The first kappa shape index (κ1) is 18.4. The first-order valence-corrected chi connectivity index (χ1v) is 10.8. The van der Waals surface area contributed by atoms with Crippen LogP contribution in [0.15, 0.2) is 60.7 Å². The Hall–Kier alpha value is -1.91. The molecular formula is C20H27NO2Si. The van der Waals surface area contributed by atoms with E-state index in [9.17, 15) is 4.79 Å². The van der Waals surface area contributed by atoms with Gasteiger partial charge in [0.05, 0.1) is 0 Å². The minimum Gasteiger partial charge on any atom is -0.408 e. The highest BCUT2D eigenvalue weighted by atomic mass is 28.4. The van der Waals surface area contributed by atoms with Crippen molar-refractivity contribution in [3.63, 3.8) is 0 Å². The van der Waals surface area contributed by atoms with E-state index in [2.05, 4.69) is 55.5 Å². The molecule has 0 spiro atoms. The maximum atomic E-state index is 11.0. The second kappa shape index (κ2) is 9.40. The lowest BCUT2D eigenvalue weighted by Gasteiger charge is -2.32. The Morgan fingerprint density at radius 3 is 1.96 bits per heavy atom. The van der Waals surface area contributed by atoms with Crippen LogP contribution in [0, 0.1) is 0 Å². The Balaban J connectivity index is 2.34. The zero-order valence-corrected chi connectivity index (χ0v) is 15.4. The van der Waals surface area contributed by atoms with E-state index in [1.807, 2.05) is 12.1 Å². The summed E-state index contributed by atoms with van der Waals surface area (Å²) in [5.41, 5.74) is 5.26. The molecule has 0 aliphatic heterocycles. The Morgan fingerprint density at radius 1 is 0.958 bits per heavy atom. The van der Waals surface area contributed by atoms with E-state index >= 15 is 0 Å². The van der Waals surface area contributed by atoms with Crippen molar-refractivity contribution in [1.82, 2.24) is 0 Å². The summed E-state index contributed by atoms with van der Waals surface area (Å²) in [4.78, 5) is 11.0. The number of primary amides is 1. The van der Waals surface area contributed by atoms with E-state index < -0.39 is 8.32 Å². The Labute approximate surface area is 146 Å². The van der Waals surface area contributed by atoms with E-state index in [4.69, 9.17) is 10.2 Å². The number of hydrogen-bond donors (Lipinski definition) is 1. The molecule has 0 unspecified atom stereocenters. The molecule has 0 saturated heterocycles. The first-order chi connectivity index (χ1) is 11.7. The van der Waals surface area contributed by atoms with Crippen molar-refractivity contribution in [1.29, 1.82) is 0 Å². The van der Waals surface area contributed by atoms with Gasteiger partial charge in [-0.1, -0.05) is 80.4 Å². The average molecular weight is 342 g/mol. The van der Waals surface area contributed by atoms with Crippen LogP contribution in [0.5, 0.6) is 0 Å². The van der Waals surface area contributed by atoms with Gasteiger partial charge in [0.1, 0.15) is 0 Å². The first-order valence-electron chi connectivity index (χ1n) is 8.72. The van der Waals surface area contributed by atoms with Gasteiger partial charge in [0.2, 0.25) is 5.91 Å². The van der Waals surface area contributed by atoms with Crippen LogP contribution in [-0.2, 0) is 9.22 Å². The molecule has 0 saturated carbocycles. The third-order valence-electron chi connectivity index (χ3n) is 4.28. The molecule has 1 amide bonds. The van der Waals surface area contributed by atoms with Crippen LogP contribution in [0.25, 0.3) is 0 Å². The second-order valence-corrected chi connectivity index (χ2v) is 9.68. The maximum Gasteiger partial charge on any atom is 0.255 e. The predicted molar refractivity (Wildman–Crippen MR) is 102 cm³/mol. The molecule has 0 aromatic heterocycles. The van der Waals surface area contributed by atoms with Crippen LogP contribution in [0.1, 0.15) is 32.6 Å². The molecule has 0 heterocycles. The minimum atomic E-state index is -2.29. The summed E-state index contributed by atoms with van der Waals surface area (Å²) in [7, 11) is -2.29. The molecular weight excluding hydrogens is 314 g/mol. The van der Waals surface area contributed by atoms with Crippen LogP contribution in [0.3, 0.4) is 0 Å². The number of hydrogen-bond acceptors (Lipinski definition) is 2. The normalized spacial score (nSPS) is 11.4. The summed E-state index contributed by atoms with van der Waals surface area (Å²) in [6, 6.07) is 22.2. The Morgan fingerprint density at radius 2 is 1.50 bits per heavy atom. The highest BCUT2D eigenvalue weighted by Crippen LogP contribution is 2.17. The quantitative estimate of drug-likeness (QED) is 0.534. The van der Waals surface area contributed by atoms with Gasteiger partial charge < -0.3 is 10.2 Å². The summed E-state index contributed by atoms with van der Waals surface area (Å²) < 4.78 is 6.59. The smallest absolute Gasteiger partial charge is 0.255 e. The second-order valence-electron chi connectivity index (χ2n) is 6.08. The van der Waals surface area contributed by atoms with Crippen molar-refractivity contribution in [2.75, 3.05) is 6.61 Å². The van der Waals surface area contributed by atoms with Gasteiger partial charge in [-0.05, 0) is 22.8 Å². The third kappa shape index (κ3) is 4.79. The van der Waals surface area contributed by atoms with Gasteiger partial charge in [-0.15, -0.1) is 0 Å². The molecule has 0 radical (unpaired) electrons. The molecule has 0 aliphatic rings. The zero-order valence-electron chi connectivity index (χ0n) is 14.4. The molecule has 0 atom stereocenters. The molecule has 2 aromatic carbocycles. The number of amides is 1. The fraction of sp³-hybridized carbons (Fsp3) is 0.350. The number of nitrogens with two attached hydrogens (primary N) is 1. The summed E-state index contributed by atoms with van der Waals surface area (Å²) in [6.45, 7) is 2.78. The minimum absolute atomic E-state index is 0.265. The lowest BCUT2D eigenvalue weighted by atomic mass is 10.3. The van der Waals surface area contributed by atoms with Crippen LogP contribution in [0.2, 0.25) is 6.04 Å². The summed E-state index contributed by atoms with van der Waals surface area (Å²) >= 11 is 0.